The summed E-state index contributed by atoms with van der Waals surface area (Å²) >= 11 is 0. The van der Waals surface area contributed by atoms with Crippen molar-refractivity contribution < 1.29 is 68.1 Å². The summed E-state index contributed by atoms with van der Waals surface area (Å²) < 4.78 is 0. The molecule has 23 heteroatoms. The van der Waals surface area contributed by atoms with Gasteiger partial charge in [0, 0.05) is 25.2 Å². The summed E-state index contributed by atoms with van der Waals surface area (Å²) in [6, 6.07) is -4.51. The molecule has 0 heterocycles. The van der Waals surface area contributed by atoms with E-state index in [0.29, 0.717) is 12.0 Å². The number of carboxylic acids is 2. The normalized spacial score (nSPS) is 14.8. The molecule has 0 fully saturated rings. The molecule has 0 aliphatic carbocycles. The minimum Gasteiger partial charge on any atom is -0.508 e. The summed E-state index contributed by atoms with van der Waals surface area (Å²) in [6.45, 7) is 7.61. The predicted molar refractivity (Wildman–Crippen MR) is 218 cm³/mol. The lowest BCUT2D eigenvalue weighted by Crippen LogP contribution is -2.58. The largest absolute Gasteiger partial charge is 0.508 e. The number of hydrogen-bond acceptors (Lipinski definition) is 13. The fourth-order valence-corrected chi connectivity index (χ4v) is 5.66. The highest BCUT2D eigenvalue weighted by Crippen LogP contribution is 2.14. The average molecular weight is 878 g/mol. The summed E-state index contributed by atoms with van der Waals surface area (Å²) in [5.41, 5.74) is 16.7. The van der Waals surface area contributed by atoms with Gasteiger partial charge in [-0.3, -0.25) is 52.7 Å². The number of Topliss-reactive ketones (excluding diaryl/α,β-unsaturated/α-hetero) is 1. The van der Waals surface area contributed by atoms with Gasteiger partial charge in [-0.1, -0.05) is 46.2 Å². The van der Waals surface area contributed by atoms with Crippen LogP contribution in [0.25, 0.3) is 0 Å². The van der Waals surface area contributed by atoms with Crippen molar-refractivity contribution in [1.29, 1.82) is 0 Å². The molecule has 0 spiro atoms. The number of ketones is 1. The molecule has 0 radical (unpaired) electrons. The fourth-order valence-electron chi connectivity index (χ4n) is 5.66. The first-order chi connectivity index (χ1) is 28.9. The van der Waals surface area contributed by atoms with Crippen molar-refractivity contribution in [3.05, 3.63) is 29.8 Å². The number of amides is 8. The van der Waals surface area contributed by atoms with E-state index in [1.165, 1.54) is 38.1 Å². The van der Waals surface area contributed by atoms with Gasteiger partial charge in [-0.2, -0.15) is 0 Å². The number of carbonyl (C=O) groups excluding carboxylic acids is 9. The molecule has 1 aromatic rings. The molecule has 0 unspecified atom stereocenters. The lowest BCUT2D eigenvalue weighted by Gasteiger charge is -2.26. The van der Waals surface area contributed by atoms with Crippen molar-refractivity contribution in [3.8, 4) is 5.75 Å². The molecule has 8 amide bonds. The third-order valence-corrected chi connectivity index (χ3v) is 9.38. The van der Waals surface area contributed by atoms with Crippen LogP contribution < -0.4 is 49.1 Å². The smallest absolute Gasteiger partial charge is 0.305 e. The summed E-state index contributed by atoms with van der Waals surface area (Å²) in [4.78, 5) is 139. The first-order valence-corrected chi connectivity index (χ1v) is 19.8. The second kappa shape index (κ2) is 25.9. The first kappa shape index (κ1) is 53.4. The minimum absolute atomic E-state index is 0.0138. The number of phenols is 1. The number of benzene rings is 1. The maximum Gasteiger partial charge on any atom is 0.305 e. The van der Waals surface area contributed by atoms with Crippen LogP contribution in [0.4, 0.5) is 0 Å². The molecular formula is C39H59N9O14. The Kier molecular flexibility index (Phi) is 22.3. The minimum atomic E-state index is -1.82. The van der Waals surface area contributed by atoms with Crippen LogP contribution >= 0.6 is 0 Å². The zero-order valence-corrected chi connectivity index (χ0v) is 35.2. The third-order valence-electron chi connectivity index (χ3n) is 9.38. The number of aliphatic carboxylic acids is 2. The van der Waals surface area contributed by atoms with Gasteiger partial charge in [-0.25, -0.2) is 0 Å². The fraction of sp³-hybridized carbons (Fsp3) is 0.564. The summed E-state index contributed by atoms with van der Waals surface area (Å²) in [7, 11) is 0. The molecule has 0 saturated heterocycles. The van der Waals surface area contributed by atoms with E-state index in [-0.39, 0.29) is 37.4 Å². The number of hydrogen-bond donors (Lipinski definition) is 12. The van der Waals surface area contributed by atoms with Crippen molar-refractivity contribution in [3.63, 3.8) is 0 Å². The maximum atomic E-state index is 13.6. The molecule has 1 aromatic carbocycles. The Morgan fingerprint density at radius 3 is 1.52 bits per heavy atom. The van der Waals surface area contributed by atoms with Gasteiger partial charge < -0.3 is 64.4 Å². The van der Waals surface area contributed by atoms with Crippen LogP contribution in [0.5, 0.6) is 5.75 Å². The average Bonchev–Trinajstić information content (AvgIpc) is 3.17. The standard InChI is InChI=1S/C39H59N9O14/c1-6-7-23(44-37(60)27(17-31(54)55)47-35(58)20(5)43-39(62)32(41)18(2)3)28(50)14-19(4)34(57)46-26(16-30(52)53)38(61)48-25(15-21-8-10-22(49)11-9-21)36(59)45-24(33(42)56)12-13-29(40)51/h8-11,18-20,23-27,32,49H,6-7,12-17,41H2,1-5H3,(H2,40,51)(H2,42,56)(H,43,62)(H,44,60)(H,45,59)(H,46,57)(H,47,58)(H,48,61)(H,52,53)(H,54,55)/t19-,20+,23+,24+,25+,26+,27+,32+/m1/s1. The second-order valence-corrected chi connectivity index (χ2v) is 15.1. The van der Waals surface area contributed by atoms with Gasteiger partial charge in [0.2, 0.25) is 47.3 Å². The van der Waals surface area contributed by atoms with Crippen molar-refractivity contribution >= 4 is 65.0 Å². The van der Waals surface area contributed by atoms with Gasteiger partial charge in [0.15, 0.2) is 5.78 Å². The number of nitrogens with one attached hydrogen (secondary N) is 6. The molecule has 0 aromatic heterocycles. The number of aromatic hydroxyl groups is 1. The van der Waals surface area contributed by atoms with E-state index in [1.807, 2.05) is 0 Å². The number of carbonyl (C=O) groups is 11. The number of nitrogens with two attached hydrogens (primary N) is 3. The van der Waals surface area contributed by atoms with E-state index in [9.17, 15) is 68.1 Å². The Labute approximate surface area is 357 Å². The molecule has 23 nitrogen and oxygen atoms in total. The van der Waals surface area contributed by atoms with E-state index in [2.05, 4.69) is 31.9 Å². The van der Waals surface area contributed by atoms with Gasteiger partial charge in [0.05, 0.1) is 24.9 Å². The zero-order valence-electron chi connectivity index (χ0n) is 35.2. The van der Waals surface area contributed by atoms with Crippen molar-refractivity contribution in [2.45, 2.75) is 128 Å². The van der Waals surface area contributed by atoms with Gasteiger partial charge >= 0.3 is 11.9 Å². The Morgan fingerprint density at radius 1 is 0.581 bits per heavy atom. The molecule has 0 aliphatic rings. The van der Waals surface area contributed by atoms with Crippen LogP contribution in [0.2, 0.25) is 0 Å². The van der Waals surface area contributed by atoms with Gasteiger partial charge in [0.25, 0.3) is 0 Å². The lowest BCUT2D eigenvalue weighted by atomic mass is 9.96. The van der Waals surface area contributed by atoms with E-state index in [4.69, 9.17) is 17.2 Å². The van der Waals surface area contributed by atoms with Crippen LogP contribution in [0.15, 0.2) is 24.3 Å². The highest BCUT2D eigenvalue weighted by atomic mass is 16.4. The molecular weight excluding hydrogens is 818 g/mol. The predicted octanol–water partition coefficient (Wildman–Crippen LogP) is -3.06. The van der Waals surface area contributed by atoms with E-state index < -0.39 is 132 Å². The lowest BCUT2D eigenvalue weighted by molar-refractivity contribution is -0.142. The monoisotopic (exact) mass is 877 g/mol. The maximum absolute atomic E-state index is 13.6. The van der Waals surface area contributed by atoms with Gasteiger partial charge in [-0.15, -0.1) is 0 Å². The van der Waals surface area contributed by atoms with Crippen molar-refractivity contribution in [1.82, 2.24) is 31.9 Å². The summed E-state index contributed by atoms with van der Waals surface area (Å²) in [6.07, 6.45) is -3.02. The van der Waals surface area contributed by atoms with Crippen LogP contribution in [0.3, 0.4) is 0 Å². The Hall–Kier alpha value is -6.65. The molecule has 8 atom stereocenters. The number of primary amides is 2. The third kappa shape index (κ3) is 19.2. The summed E-state index contributed by atoms with van der Waals surface area (Å²) in [5, 5.41) is 42.7. The van der Waals surface area contributed by atoms with E-state index in [0.717, 1.165) is 0 Å². The molecule has 0 saturated carbocycles. The highest BCUT2D eigenvalue weighted by Gasteiger charge is 2.34. The van der Waals surface area contributed by atoms with Crippen LogP contribution in [-0.2, 0) is 59.2 Å². The summed E-state index contributed by atoms with van der Waals surface area (Å²) in [5.74, 6) is -12.9. The number of carboxylic acid groups (broad SMARTS) is 2. The van der Waals surface area contributed by atoms with Crippen LogP contribution in [-0.4, -0.2) is 123 Å². The quantitative estimate of drug-likeness (QED) is 0.0398. The van der Waals surface area contributed by atoms with Crippen LogP contribution in [0.1, 0.15) is 85.1 Å². The molecule has 0 aliphatic heterocycles. The topological polar surface area (TPSA) is 399 Å². The molecule has 0 bridgehead atoms. The van der Waals surface area contributed by atoms with E-state index >= 15 is 0 Å². The van der Waals surface area contributed by atoms with Crippen LogP contribution in [0, 0.1) is 11.8 Å². The highest BCUT2D eigenvalue weighted by molar-refractivity contribution is 5.99. The first-order valence-electron chi connectivity index (χ1n) is 19.8. The SMILES string of the molecule is CCC[C@H](NC(=O)[C@H](CC(=O)O)NC(=O)[C@H](C)NC(=O)[C@@H](N)C(C)C)C(=O)C[C@@H](C)C(=O)N[C@@H](CC(=O)O)C(=O)N[C@@H](Cc1ccc(O)cc1)C(=O)N[C@@H](CCC(N)=O)C(N)=O. The number of phenolic OH excluding ortho intramolecular Hbond substituents is 1. The van der Waals surface area contributed by atoms with Crippen molar-refractivity contribution in [2.75, 3.05) is 0 Å². The Bertz CT molecular complexity index is 1810. The Morgan fingerprint density at radius 2 is 1.05 bits per heavy atom. The Balaban J connectivity index is 3.21. The van der Waals surface area contributed by atoms with Gasteiger partial charge in [0.1, 0.15) is 36.0 Å². The van der Waals surface area contributed by atoms with Gasteiger partial charge in [-0.05, 0) is 43.4 Å². The molecule has 344 valence electrons. The zero-order chi connectivity index (χ0) is 47.4. The second-order valence-electron chi connectivity index (χ2n) is 15.1. The van der Waals surface area contributed by atoms with Crippen molar-refractivity contribution in [2.24, 2.45) is 29.0 Å². The molecule has 62 heavy (non-hydrogen) atoms. The van der Waals surface area contributed by atoms with E-state index in [1.54, 1.807) is 20.8 Å². The molecule has 1 rings (SSSR count). The molecule has 15 N–H and O–H groups in total. The number of rotatable bonds is 28.